The van der Waals surface area contributed by atoms with Gasteiger partial charge in [0.05, 0.1) is 17.8 Å². The maximum Gasteiger partial charge on any atom is 0.335 e. The summed E-state index contributed by atoms with van der Waals surface area (Å²) in [5.41, 5.74) is 1.30. The largest absolute Gasteiger partial charge is 0.503 e. The van der Waals surface area contributed by atoms with Crippen LogP contribution in [-0.2, 0) is 16.2 Å². The SMILES string of the molecule is COc1cc(/C=C2/C(=O)NC(=O)N(c3ccc(OCc4ccccc4)cc3)C2=O)cc(Cl)c1O. The van der Waals surface area contributed by atoms with Crippen molar-refractivity contribution in [3.63, 3.8) is 0 Å². The van der Waals surface area contributed by atoms with Crippen molar-refractivity contribution < 1.29 is 29.0 Å². The molecule has 0 spiro atoms. The van der Waals surface area contributed by atoms with Gasteiger partial charge in [-0.2, -0.15) is 0 Å². The van der Waals surface area contributed by atoms with Crippen LogP contribution in [0.4, 0.5) is 10.5 Å². The van der Waals surface area contributed by atoms with E-state index in [0.29, 0.717) is 17.9 Å². The van der Waals surface area contributed by atoms with E-state index in [-0.39, 0.29) is 27.8 Å². The summed E-state index contributed by atoms with van der Waals surface area (Å²) in [5.74, 6) is -1.30. The summed E-state index contributed by atoms with van der Waals surface area (Å²) in [7, 11) is 1.34. The number of halogens is 1. The Morgan fingerprint density at radius 2 is 1.74 bits per heavy atom. The number of nitrogens with one attached hydrogen (secondary N) is 1. The van der Waals surface area contributed by atoms with Crippen LogP contribution in [0.15, 0.2) is 72.3 Å². The van der Waals surface area contributed by atoms with Crippen LogP contribution in [-0.4, -0.2) is 30.1 Å². The van der Waals surface area contributed by atoms with Crippen LogP contribution in [0.25, 0.3) is 6.08 Å². The van der Waals surface area contributed by atoms with Gasteiger partial charge < -0.3 is 14.6 Å². The molecule has 8 nitrogen and oxygen atoms in total. The summed E-state index contributed by atoms with van der Waals surface area (Å²) >= 11 is 5.99. The second-order valence-corrected chi connectivity index (χ2v) is 7.69. The number of carbonyl (C=O) groups is 3. The highest BCUT2D eigenvalue weighted by Gasteiger charge is 2.36. The quantitative estimate of drug-likeness (QED) is 0.404. The smallest absolute Gasteiger partial charge is 0.335 e. The van der Waals surface area contributed by atoms with Gasteiger partial charge in [0.2, 0.25) is 0 Å². The molecule has 3 aromatic carbocycles. The van der Waals surface area contributed by atoms with Crippen LogP contribution < -0.4 is 19.7 Å². The summed E-state index contributed by atoms with van der Waals surface area (Å²) in [6.45, 7) is 0.364. The van der Waals surface area contributed by atoms with Gasteiger partial charge in [0.25, 0.3) is 11.8 Å². The van der Waals surface area contributed by atoms with E-state index < -0.39 is 17.8 Å². The molecule has 0 saturated carbocycles. The third kappa shape index (κ3) is 4.72. The Labute approximate surface area is 200 Å². The molecule has 0 atom stereocenters. The Balaban J connectivity index is 1.57. The molecule has 9 heteroatoms. The molecule has 1 fully saturated rings. The number of aromatic hydroxyl groups is 1. The standard InChI is InChI=1S/C25H19ClN2O6/c1-33-21-13-16(12-20(26)22(21)29)11-19-23(30)27-25(32)28(24(19)31)17-7-9-18(10-8-17)34-14-15-5-3-2-4-6-15/h2-13,29H,14H2,1H3,(H,27,30,32)/b19-11-. The number of anilines is 1. The lowest BCUT2D eigenvalue weighted by Gasteiger charge is -2.26. The van der Waals surface area contributed by atoms with Gasteiger partial charge in [-0.05, 0) is 53.6 Å². The highest BCUT2D eigenvalue weighted by Crippen LogP contribution is 2.36. The minimum Gasteiger partial charge on any atom is -0.503 e. The van der Waals surface area contributed by atoms with E-state index in [0.717, 1.165) is 10.5 Å². The van der Waals surface area contributed by atoms with Gasteiger partial charge in [-0.15, -0.1) is 0 Å². The van der Waals surface area contributed by atoms with Crippen molar-refractivity contribution in [3.8, 4) is 17.2 Å². The number of hydrogen-bond donors (Lipinski definition) is 2. The topological polar surface area (TPSA) is 105 Å². The fourth-order valence-corrected chi connectivity index (χ4v) is 3.54. The van der Waals surface area contributed by atoms with Crippen LogP contribution in [0.2, 0.25) is 5.02 Å². The first-order valence-corrected chi connectivity index (χ1v) is 10.5. The second kappa shape index (κ2) is 9.68. The minimum absolute atomic E-state index is 0.0195. The first-order valence-electron chi connectivity index (χ1n) is 10.1. The van der Waals surface area contributed by atoms with Crippen molar-refractivity contribution in [1.29, 1.82) is 0 Å². The number of hydrogen-bond acceptors (Lipinski definition) is 6. The molecule has 1 heterocycles. The Morgan fingerprint density at radius 3 is 2.41 bits per heavy atom. The maximum absolute atomic E-state index is 13.1. The maximum atomic E-state index is 13.1. The van der Waals surface area contributed by atoms with Gasteiger partial charge in [-0.3, -0.25) is 14.9 Å². The molecule has 1 saturated heterocycles. The zero-order chi connectivity index (χ0) is 24.2. The molecule has 0 aliphatic carbocycles. The van der Waals surface area contributed by atoms with Crippen molar-refractivity contribution in [1.82, 2.24) is 5.32 Å². The van der Waals surface area contributed by atoms with Crippen molar-refractivity contribution in [2.24, 2.45) is 0 Å². The number of phenolic OH excluding ortho intramolecular Hbond substituents is 1. The van der Waals surface area contributed by atoms with Crippen molar-refractivity contribution in [2.75, 3.05) is 12.0 Å². The third-order valence-electron chi connectivity index (χ3n) is 5.03. The van der Waals surface area contributed by atoms with Gasteiger partial charge in [-0.1, -0.05) is 41.9 Å². The zero-order valence-electron chi connectivity index (χ0n) is 17.9. The number of urea groups is 1. The van der Waals surface area contributed by atoms with Crippen LogP contribution in [0, 0.1) is 0 Å². The number of carbonyl (C=O) groups excluding carboxylic acids is 3. The van der Waals surface area contributed by atoms with Crippen molar-refractivity contribution in [3.05, 3.63) is 88.5 Å². The van der Waals surface area contributed by atoms with Gasteiger partial charge in [0.1, 0.15) is 17.9 Å². The molecular weight excluding hydrogens is 460 g/mol. The average molecular weight is 479 g/mol. The first-order chi connectivity index (χ1) is 16.4. The monoisotopic (exact) mass is 478 g/mol. The summed E-state index contributed by atoms with van der Waals surface area (Å²) in [6.07, 6.45) is 1.27. The van der Waals surface area contributed by atoms with E-state index in [9.17, 15) is 19.5 Å². The molecule has 1 aliphatic rings. The third-order valence-corrected chi connectivity index (χ3v) is 5.31. The molecule has 0 unspecified atom stereocenters. The first kappa shape index (κ1) is 22.9. The normalized spacial score (nSPS) is 14.8. The number of benzene rings is 3. The van der Waals surface area contributed by atoms with Crippen LogP contribution >= 0.6 is 11.6 Å². The van der Waals surface area contributed by atoms with E-state index in [1.807, 2.05) is 30.3 Å². The van der Waals surface area contributed by atoms with E-state index in [1.165, 1.54) is 25.3 Å². The number of ether oxygens (including phenoxy) is 2. The number of barbiturate groups is 1. The van der Waals surface area contributed by atoms with Gasteiger partial charge in [-0.25, -0.2) is 9.69 Å². The summed E-state index contributed by atoms with van der Waals surface area (Å²) < 4.78 is 10.8. The molecule has 0 bridgehead atoms. The number of amides is 4. The summed E-state index contributed by atoms with van der Waals surface area (Å²) in [4.78, 5) is 38.8. The Bertz CT molecular complexity index is 1290. The van der Waals surface area contributed by atoms with Crippen LogP contribution in [0.1, 0.15) is 11.1 Å². The number of phenols is 1. The van der Waals surface area contributed by atoms with E-state index >= 15 is 0 Å². The number of imide groups is 2. The number of methoxy groups -OCH3 is 1. The number of nitrogens with zero attached hydrogens (tertiary/aromatic N) is 1. The molecule has 1 aliphatic heterocycles. The van der Waals surface area contributed by atoms with Crippen LogP contribution in [0.5, 0.6) is 17.2 Å². The molecule has 0 radical (unpaired) electrons. The summed E-state index contributed by atoms with van der Waals surface area (Å²) in [6, 6.07) is 17.9. The molecule has 4 amide bonds. The zero-order valence-corrected chi connectivity index (χ0v) is 18.7. The van der Waals surface area contributed by atoms with Gasteiger partial charge in [0.15, 0.2) is 11.5 Å². The van der Waals surface area contributed by atoms with Crippen molar-refractivity contribution >= 4 is 41.2 Å². The summed E-state index contributed by atoms with van der Waals surface area (Å²) in [5, 5.41) is 12.0. The fourth-order valence-electron chi connectivity index (χ4n) is 3.32. The van der Waals surface area contributed by atoms with E-state index in [4.69, 9.17) is 21.1 Å². The number of rotatable bonds is 6. The molecular formula is C25H19ClN2O6. The predicted molar refractivity (Wildman–Crippen MR) is 126 cm³/mol. The minimum atomic E-state index is -0.869. The lowest BCUT2D eigenvalue weighted by atomic mass is 10.1. The molecule has 34 heavy (non-hydrogen) atoms. The highest BCUT2D eigenvalue weighted by atomic mass is 35.5. The molecule has 172 valence electrons. The molecule has 2 N–H and O–H groups in total. The van der Waals surface area contributed by atoms with E-state index in [1.54, 1.807) is 24.3 Å². The van der Waals surface area contributed by atoms with Gasteiger partial charge >= 0.3 is 6.03 Å². The highest BCUT2D eigenvalue weighted by molar-refractivity contribution is 6.39. The molecule has 0 aromatic heterocycles. The molecule has 3 aromatic rings. The predicted octanol–water partition coefficient (Wildman–Crippen LogP) is 4.30. The second-order valence-electron chi connectivity index (χ2n) is 7.28. The lowest BCUT2D eigenvalue weighted by Crippen LogP contribution is -2.54. The Hall–Kier alpha value is -4.30. The Kier molecular flexibility index (Phi) is 6.51. The fraction of sp³-hybridized carbons (Fsp3) is 0.0800. The Morgan fingerprint density at radius 1 is 1.03 bits per heavy atom. The van der Waals surface area contributed by atoms with Crippen molar-refractivity contribution in [2.45, 2.75) is 6.61 Å². The van der Waals surface area contributed by atoms with Gasteiger partial charge in [0, 0.05) is 0 Å². The lowest BCUT2D eigenvalue weighted by molar-refractivity contribution is -0.122. The van der Waals surface area contributed by atoms with E-state index in [2.05, 4.69) is 5.32 Å². The van der Waals surface area contributed by atoms with Crippen LogP contribution in [0.3, 0.4) is 0 Å². The average Bonchev–Trinajstić information content (AvgIpc) is 2.84. The molecule has 4 rings (SSSR count).